The molecule has 0 N–H and O–H groups in total. The van der Waals surface area contributed by atoms with Crippen molar-refractivity contribution in [1.82, 2.24) is 0 Å². The zero-order valence-corrected chi connectivity index (χ0v) is 13.9. The fourth-order valence-corrected chi connectivity index (χ4v) is 5.50. The van der Waals surface area contributed by atoms with Gasteiger partial charge in [0.15, 0.2) is 0 Å². The molecule has 0 heteroatoms. The first-order valence-corrected chi connectivity index (χ1v) is 9.19. The lowest BCUT2D eigenvalue weighted by atomic mass is 9.72. The lowest BCUT2D eigenvalue weighted by Gasteiger charge is -2.33. The highest BCUT2D eigenvalue weighted by Gasteiger charge is 2.59. The van der Waals surface area contributed by atoms with E-state index in [4.69, 9.17) is 0 Å². The monoisotopic (exact) mass is 264 g/mol. The van der Waals surface area contributed by atoms with E-state index in [1.165, 1.54) is 44.9 Å². The van der Waals surface area contributed by atoms with Gasteiger partial charge in [-0.25, -0.2) is 0 Å². The van der Waals surface area contributed by atoms with Crippen LogP contribution in [0.25, 0.3) is 0 Å². The molecule has 4 atom stereocenters. The Labute approximate surface area is 121 Å². The molecule has 0 amide bonds. The van der Waals surface area contributed by atoms with Crippen LogP contribution in [0.3, 0.4) is 0 Å². The van der Waals surface area contributed by atoms with Crippen molar-refractivity contribution < 1.29 is 0 Å². The van der Waals surface area contributed by atoms with Crippen LogP contribution in [-0.2, 0) is 0 Å². The van der Waals surface area contributed by atoms with Crippen molar-refractivity contribution in [3.8, 4) is 0 Å². The van der Waals surface area contributed by atoms with Gasteiger partial charge < -0.3 is 0 Å². The van der Waals surface area contributed by atoms with E-state index in [1.54, 1.807) is 19.3 Å². The maximum atomic E-state index is 2.61. The molecule has 0 spiro atoms. The fraction of sp³-hybridized carbons (Fsp3) is 1.00. The molecule has 19 heavy (non-hydrogen) atoms. The summed E-state index contributed by atoms with van der Waals surface area (Å²) in [6.07, 6.45) is 14.9. The van der Waals surface area contributed by atoms with Crippen LogP contribution in [0.2, 0.25) is 0 Å². The minimum atomic E-state index is 0.763. The van der Waals surface area contributed by atoms with Gasteiger partial charge in [-0.2, -0.15) is 0 Å². The van der Waals surface area contributed by atoms with Crippen LogP contribution < -0.4 is 0 Å². The summed E-state index contributed by atoms with van der Waals surface area (Å²) in [5, 5.41) is 0. The van der Waals surface area contributed by atoms with E-state index in [-0.39, 0.29) is 0 Å². The summed E-state index contributed by atoms with van der Waals surface area (Å²) in [4.78, 5) is 0. The van der Waals surface area contributed by atoms with E-state index in [0.717, 1.165) is 29.1 Å². The molecule has 0 aromatic carbocycles. The fourth-order valence-electron chi connectivity index (χ4n) is 5.50. The molecule has 4 unspecified atom stereocenters. The molecule has 0 aromatic heterocycles. The summed E-state index contributed by atoms with van der Waals surface area (Å²) in [6, 6.07) is 0. The molecule has 2 fully saturated rings. The molecular formula is C19H36. The van der Waals surface area contributed by atoms with Crippen molar-refractivity contribution in [3.63, 3.8) is 0 Å². The van der Waals surface area contributed by atoms with Gasteiger partial charge in [0.2, 0.25) is 0 Å². The first-order chi connectivity index (χ1) is 9.19. The molecule has 0 heterocycles. The standard InChI is InChI=1S/C19H36/c1-5-10-16(7-3)15(4)19(13-6-2)14-18(19)17-11-8-9-12-17/h15-18H,5-14H2,1-4H3. The molecule has 2 aliphatic carbocycles. The highest BCUT2D eigenvalue weighted by atomic mass is 14.6. The molecule has 2 aliphatic rings. The van der Waals surface area contributed by atoms with Gasteiger partial charge in [0.05, 0.1) is 0 Å². The summed E-state index contributed by atoms with van der Waals surface area (Å²) in [6.45, 7) is 9.79. The molecule has 0 radical (unpaired) electrons. The van der Waals surface area contributed by atoms with Crippen LogP contribution in [0.5, 0.6) is 0 Å². The molecule has 0 nitrogen and oxygen atoms in total. The van der Waals surface area contributed by atoms with E-state index < -0.39 is 0 Å². The first kappa shape index (κ1) is 15.4. The summed E-state index contributed by atoms with van der Waals surface area (Å²) in [5.74, 6) is 4.18. The predicted molar refractivity (Wildman–Crippen MR) is 85.3 cm³/mol. The van der Waals surface area contributed by atoms with E-state index in [1.807, 2.05) is 0 Å². The molecule has 0 aromatic rings. The molecule has 2 rings (SSSR count). The van der Waals surface area contributed by atoms with E-state index >= 15 is 0 Å². The van der Waals surface area contributed by atoms with Gasteiger partial charge in [-0.15, -0.1) is 0 Å². The second kappa shape index (κ2) is 6.64. The quantitative estimate of drug-likeness (QED) is 0.473. The molecule has 0 bridgehead atoms. The largest absolute Gasteiger partial charge is 0.0654 e. The first-order valence-electron chi connectivity index (χ1n) is 9.19. The Morgan fingerprint density at radius 3 is 2.26 bits per heavy atom. The van der Waals surface area contributed by atoms with Crippen LogP contribution >= 0.6 is 0 Å². The molecule has 0 aliphatic heterocycles. The minimum absolute atomic E-state index is 0.763. The van der Waals surface area contributed by atoms with Crippen molar-refractivity contribution in [2.45, 2.75) is 91.9 Å². The average Bonchev–Trinajstić information content (AvgIpc) is 2.89. The average molecular weight is 264 g/mol. The third kappa shape index (κ3) is 3.03. The molecule has 112 valence electrons. The van der Waals surface area contributed by atoms with Gasteiger partial charge in [0.25, 0.3) is 0 Å². The maximum absolute atomic E-state index is 2.61. The van der Waals surface area contributed by atoms with Crippen LogP contribution in [0.4, 0.5) is 0 Å². The van der Waals surface area contributed by atoms with E-state index in [9.17, 15) is 0 Å². The van der Waals surface area contributed by atoms with Gasteiger partial charge >= 0.3 is 0 Å². The van der Waals surface area contributed by atoms with Gasteiger partial charge in [-0.1, -0.05) is 79.1 Å². The summed E-state index contributed by atoms with van der Waals surface area (Å²) in [7, 11) is 0. The van der Waals surface area contributed by atoms with Crippen molar-refractivity contribution in [1.29, 1.82) is 0 Å². The van der Waals surface area contributed by atoms with Gasteiger partial charge in [-0.05, 0) is 41.9 Å². The Hall–Kier alpha value is 0. The van der Waals surface area contributed by atoms with Crippen molar-refractivity contribution in [3.05, 3.63) is 0 Å². The van der Waals surface area contributed by atoms with Crippen LogP contribution in [0.15, 0.2) is 0 Å². The third-order valence-corrected chi connectivity index (χ3v) is 6.66. The second-order valence-electron chi connectivity index (χ2n) is 7.58. The van der Waals surface area contributed by atoms with Crippen LogP contribution in [0.1, 0.15) is 91.9 Å². The highest BCUT2D eigenvalue weighted by Crippen LogP contribution is 2.67. The minimum Gasteiger partial charge on any atom is -0.0654 e. The van der Waals surface area contributed by atoms with Gasteiger partial charge in [-0.3, -0.25) is 0 Å². The number of rotatable bonds is 8. The summed E-state index contributed by atoms with van der Waals surface area (Å²) >= 11 is 0. The second-order valence-corrected chi connectivity index (χ2v) is 7.58. The van der Waals surface area contributed by atoms with Crippen LogP contribution in [-0.4, -0.2) is 0 Å². The van der Waals surface area contributed by atoms with E-state index in [2.05, 4.69) is 27.7 Å². The van der Waals surface area contributed by atoms with Crippen molar-refractivity contribution in [2.75, 3.05) is 0 Å². The Morgan fingerprint density at radius 1 is 1.05 bits per heavy atom. The zero-order valence-electron chi connectivity index (χ0n) is 13.9. The van der Waals surface area contributed by atoms with Crippen molar-refractivity contribution in [2.24, 2.45) is 29.1 Å². The Bertz CT molecular complexity index is 263. The number of hydrogen-bond donors (Lipinski definition) is 0. The Kier molecular flexibility index (Phi) is 5.37. The normalized spacial score (nSPS) is 34.4. The SMILES string of the molecule is CCCC(CC)C(C)C1(CCC)CC1C1CCCC1. The smallest absolute Gasteiger partial charge is 0.0235 e. The zero-order chi connectivity index (χ0) is 13.9. The third-order valence-electron chi connectivity index (χ3n) is 6.66. The molecule has 0 saturated heterocycles. The lowest BCUT2D eigenvalue weighted by Crippen LogP contribution is -2.25. The summed E-state index contributed by atoms with van der Waals surface area (Å²) < 4.78 is 0. The highest BCUT2D eigenvalue weighted by molar-refractivity contribution is 5.08. The Balaban J connectivity index is 2.03. The molecular weight excluding hydrogens is 228 g/mol. The maximum Gasteiger partial charge on any atom is -0.0235 e. The van der Waals surface area contributed by atoms with E-state index in [0.29, 0.717) is 0 Å². The predicted octanol–water partition coefficient (Wildman–Crippen LogP) is 6.45. The summed E-state index contributed by atoms with van der Waals surface area (Å²) in [5.41, 5.74) is 0.763. The van der Waals surface area contributed by atoms with Gasteiger partial charge in [0.1, 0.15) is 0 Å². The molecule has 2 saturated carbocycles. The topological polar surface area (TPSA) is 0 Å². The van der Waals surface area contributed by atoms with Crippen molar-refractivity contribution >= 4 is 0 Å². The van der Waals surface area contributed by atoms with Gasteiger partial charge in [0, 0.05) is 0 Å². The van der Waals surface area contributed by atoms with Crippen LogP contribution in [0, 0.1) is 29.1 Å². The number of hydrogen-bond acceptors (Lipinski definition) is 0. The lowest BCUT2D eigenvalue weighted by molar-refractivity contribution is 0.163. The Morgan fingerprint density at radius 2 is 1.74 bits per heavy atom.